The SMILES string of the molecule is O=C1CC(CS(=O)(=O)F)CN1CCc1cc2ccccc2s1. The van der Waals surface area contributed by atoms with E-state index in [1.807, 2.05) is 12.1 Å². The maximum absolute atomic E-state index is 12.7. The molecule has 1 aromatic heterocycles. The predicted octanol–water partition coefficient (Wildman–Crippen LogP) is 2.59. The minimum absolute atomic E-state index is 0.0882. The molecule has 2 aromatic rings. The first-order chi connectivity index (χ1) is 10.4. The molecule has 0 bridgehead atoms. The number of halogens is 1. The minimum Gasteiger partial charge on any atom is -0.342 e. The lowest BCUT2D eigenvalue weighted by Gasteiger charge is -2.15. The molecule has 1 aliphatic heterocycles. The highest BCUT2D eigenvalue weighted by molar-refractivity contribution is 7.86. The van der Waals surface area contributed by atoms with E-state index in [2.05, 4.69) is 18.2 Å². The van der Waals surface area contributed by atoms with Crippen molar-refractivity contribution in [1.82, 2.24) is 4.90 Å². The van der Waals surface area contributed by atoms with Gasteiger partial charge < -0.3 is 4.90 Å². The average molecular weight is 341 g/mol. The number of hydrogen-bond donors (Lipinski definition) is 0. The molecule has 0 saturated carbocycles. The monoisotopic (exact) mass is 341 g/mol. The van der Waals surface area contributed by atoms with Gasteiger partial charge in [0.25, 0.3) is 0 Å². The van der Waals surface area contributed by atoms with Crippen molar-refractivity contribution in [2.75, 3.05) is 18.8 Å². The third kappa shape index (κ3) is 3.64. The van der Waals surface area contributed by atoms with E-state index in [0.29, 0.717) is 13.1 Å². The summed E-state index contributed by atoms with van der Waals surface area (Å²) in [6.07, 6.45) is 0.857. The molecule has 0 N–H and O–H groups in total. The quantitative estimate of drug-likeness (QED) is 0.786. The van der Waals surface area contributed by atoms with Crippen LogP contribution in [0.1, 0.15) is 11.3 Å². The van der Waals surface area contributed by atoms with E-state index in [0.717, 1.165) is 6.42 Å². The Morgan fingerprint density at radius 3 is 2.82 bits per heavy atom. The first-order valence-corrected chi connectivity index (χ1v) is 9.45. The van der Waals surface area contributed by atoms with Crippen molar-refractivity contribution in [3.8, 4) is 0 Å². The Labute approximate surface area is 132 Å². The van der Waals surface area contributed by atoms with Gasteiger partial charge in [-0.2, -0.15) is 8.42 Å². The molecule has 118 valence electrons. The largest absolute Gasteiger partial charge is 0.342 e. The van der Waals surface area contributed by atoms with Crippen molar-refractivity contribution in [3.05, 3.63) is 35.2 Å². The Hall–Kier alpha value is -1.47. The van der Waals surface area contributed by atoms with E-state index < -0.39 is 21.9 Å². The second-order valence-corrected chi connectivity index (χ2v) is 8.20. The van der Waals surface area contributed by atoms with E-state index in [1.54, 1.807) is 16.2 Å². The molecule has 1 aromatic carbocycles. The number of benzene rings is 1. The van der Waals surface area contributed by atoms with Crippen LogP contribution in [0.25, 0.3) is 10.1 Å². The molecule has 22 heavy (non-hydrogen) atoms. The van der Waals surface area contributed by atoms with Gasteiger partial charge in [-0.15, -0.1) is 15.2 Å². The lowest BCUT2D eigenvalue weighted by atomic mass is 10.1. The van der Waals surface area contributed by atoms with Crippen molar-refractivity contribution in [3.63, 3.8) is 0 Å². The van der Waals surface area contributed by atoms with Crippen LogP contribution in [0.3, 0.4) is 0 Å². The summed E-state index contributed by atoms with van der Waals surface area (Å²) < 4.78 is 35.3. The van der Waals surface area contributed by atoms with Crippen LogP contribution < -0.4 is 0 Å². The van der Waals surface area contributed by atoms with Gasteiger partial charge in [-0.05, 0) is 23.9 Å². The van der Waals surface area contributed by atoms with Crippen LogP contribution in [0, 0.1) is 5.92 Å². The fourth-order valence-corrected chi connectivity index (χ4v) is 4.71. The van der Waals surface area contributed by atoms with Crippen LogP contribution in [0.4, 0.5) is 3.89 Å². The van der Waals surface area contributed by atoms with E-state index in [4.69, 9.17) is 0 Å². The molecule has 1 saturated heterocycles. The molecule has 0 aliphatic carbocycles. The molecular formula is C15H16FNO3S2. The van der Waals surface area contributed by atoms with Crippen LogP contribution >= 0.6 is 11.3 Å². The number of fused-ring (bicyclic) bond motifs is 1. The average Bonchev–Trinajstić information content (AvgIpc) is 2.97. The second-order valence-electron chi connectivity index (χ2n) is 5.62. The third-order valence-electron chi connectivity index (χ3n) is 3.83. The van der Waals surface area contributed by atoms with Gasteiger partial charge in [0.05, 0.1) is 5.75 Å². The number of carbonyl (C=O) groups excluding carboxylic acids is 1. The van der Waals surface area contributed by atoms with Crippen molar-refractivity contribution in [1.29, 1.82) is 0 Å². The highest BCUT2D eigenvalue weighted by Crippen LogP contribution is 2.26. The number of nitrogens with zero attached hydrogens (tertiary/aromatic N) is 1. The van der Waals surface area contributed by atoms with Gasteiger partial charge in [0.2, 0.25) is 5.91 Å². The first kappa shape index (κ1) is 15.4. The standard InChI is InChI=1S/C15H16FNO3S2/c16-22(19,20)10-11-7-15(18)17(9-11)6-5-13-8-12-3-1-2-4-14(12)21-13/h1-4,8,11H,5-7,9-10H2. The van der Waals surface area contributed by atoms with E-state index >= 15 is 0 Å². The molecule has 1 aliphatic rings. The summed E-state index contributed by atoms with van der Waals surface area (Å²) in [6.45, 7) is 0.876. The summed E-state index contributed by atoms with van der Waals surface area (Å²) in [6, 6.07) is 10.2. The molecule has 1 fully saturated rings. The zero-order valence-electron chi connectivity index (χ0n) is 11.9. The second kappa shape index (κ2) is 5.96. The van der Waals surface area contributed by atoms with E-state index in [1.165, 1.54) is 15.0 Å². The number of likely N-dealkylation sites (tertiary alicyclic amines) is 1. The predicted molar refractivity (Wildman–Crippen MR) is 85.1 cm³/mol. The smallest absolute Gasteiger partial charge is 0.302 e. The van der Waals surface area contributed by atoms with E-state index in [9.17, 15) is 17.1 Å². The lowest BCUT2D eigenvalue weighted by molar-refractivity contribution is -0.127. The highest BCUT2D eigenvalue weighted by atomic mass is 32.3. The number of carbonyl (C=O) groups is 1. The number of amides is 1. The summed E-state index contributed by atoms with van der Waals surface area (Å²) in [7, 11) is -4.52. The van der Waals surface area contributed by atoms with Crippen molar-refractivity contribution in [2.24, 2.45) is 5.92 Å². The van der Waals surface area contributed by atoms with Crippen LogP contribution in [0.5, 0.6) is 0 Å². The molecule has 7 heteroatoms. The molecule has 0 spiro atoms. The molecule has 1 amide bonds. The summed E-state index contributed by atoms with van der Waals surface area (Å²) in [5.74, 6) is -1.07. The zero-order valence-corrected chi connectivity index (χ0v) is 13.5. The van der Waals surface area contributed by atoms with Crippen LogP contribution in [-0.2, 0) is 21.4 Å². The third-order valence-corrected chi connectivity index (χ3v) is 5.88. The van der Waals surface area contributed by atoms with Gasteiger partial charge in [0.15, 0.2) is 0 Å². The fourth-order valence-electron chi connectivity index (χ4n) is 2.87. The number of hydrogen-bond acceptors (Lipinski definition) is 4. The molecule has 4 nitrogen and oxygen atoms in total. The van der Waals surface area contributed by atoms with Crippen LogP contribution in [0.15, 0.2) is 30.3 Å². The Balaban J connectivity index is 1.60. The molecule has 1 unspecified atom stereocenters. The number of thiophene rings is 1. The Morgan fingerprint density at radius 1 is 1.32 bits per heavy atom. The Morgan fingerprint density at radius 2 is 2.09 bits per heavy atom. The Kier molecular flexibility index (Phi) is 4.18. The normalized spacial score (nSPS) is 19.2. The van der Waals surface area contributed by atoms with Crippen LogP contribution in [-0.4, -0.2) is 38.1 Å². The highest BCUT2D eigenvalue weighted by Gasteiger charge is 2.32. The number of rotatable bonds is 5. The molecule has 3 rings (SSSR count). The zero-order chi connectivity index (χ0) is 15.7. The topological polar surface area (TPSA) is 54.5 Å². The maximum atomic E-state index is 12.7. The fraction of sp³-hybridized carbons (Fsp3) is 0.400. The summed E-state index contributed by atoms with van der Waals surface area (Å²) in [4.78, 5) is 14.7. The summed E-state index contributed by atoms with van der Waals surface area (Å²) in [5, 5.41) is 1.19. The van der Waals surface area contributed by atoms with Gasteiger partial charge in [0, 0.05) is 35.0 Å². The first-order valence-electron chi connectivity index (χ1n) is 7.08. The van der Waals surface area contributed by atoms with Gasteiger partial charge >= 0.3 is 10.2 Å². The lowest BCUT2D eigenvalue weighted by Crippen LogP contribution is -2.28. The molecule has 0 radical (unpaired) electrons. The summed E-state index contributed by atoms with van der Waals surface area (Å²) >= 11 is 1.70. The van der Waals surface area contributed by atoms with Gasteiger partial charge in [-0.25, -0.2) is 0 Å². The Bertz CT molecular complexity index is 767. The van der Waals surface area contributed by atoms with Crippen molar-refractivity contribution < 1.29 is 17.1 Å². The van der Waals surface area contributed by atoms with E-state index in [-0.39, 0.29) is 12.3 Å². The minimum atomic E-state index is -4.52. The van der Waals surface area contributed by atoms with Crippen LogP contribution in [0.2, 0.25) is 0 Å². The van der Waals surface area contributed by atoms with Crippen molar-refractivity contribution in [2.45, 2.75) is 12.8 Å². The van der Waals surface area contributed by atoms with Gasteiger partial charge in [-0.1, -0.05) is 18.2 Å². The summed E-state index contributed by atoms with van der Waals surface area (Å²) in [5.41, 5.74) is 0. The maximum Gasteiger partial charge on any atom is 0.302 e. The molecule has 1 atom stereocenters. The van der Waals surface area contributed by atoms with Crippen molar-refractivity contribution >= 4 is 37.6 Å². The molecule has 2 heterocycles. The van der Waals surface area contributed by atoms with Gasteiger partial charge in [0.1, 0.15) is 0 Å². The molecular weight excluding hydrogens is 325 g/mol. The van der Waals surface area contributed by atoms with Gasteiger partial charge in [-0.3, -0.25) is 4.79 Å².